The number of benzene rings is 2. The van der Waals surface area contributed by atoms with Crippen LogP contribution in [0, 0.1) is 17.1 Å². The van der Waals surface area contributed by atoms with Gasteiger partial charge in [0.25, 0.3) is 0 Å². The molecule has 2 aromatic rings. The number of halogens is 1. The summed E-state index contributed by atoms with van der Waals surface area (Å²) in [5.74, 6) is 0.311. The van der Waals surface area contributed by atoms with E-state index in [2.05, 4.69) is 6.07 Å². The van der Waals surface area contributed by atoms with E-state index in [4.69, 9.17) is 10.00 Å². The summed E-state index contributed by atoms with van der Waals surface area (Å²) in [4.78, 5) is 0. The molecular formula is C16H14FNO2. The minimum atomic E-state index is -0.955. The second-order valence-electron chi connectivity index (χ2n) is 4.41. The summed E-state index contributed by atoms with van der Waals surface area (Å²) in [5, 5.41) is 18.2. The van der Waals surface area contributed by atoms with E-state index in [1.807, 2.05) is 0 Å². The predicted octanol–water partition coefficient (Wildman–Crippen LogP) is 3.74. The van der Waals surface area contributed by atoms with Gasteiger partial charge in [0.05, 0.1) is 24.2 Å². The molecule has 102 valence electrons. The van der Waals surface area contributed by atoms with Gasteiger partial charge in [0.1, 0.15) is 17.3 Å². The maximum absolute atomic E-state index is 13.7. The van der Waals surface area contributed by atoms with Gasteiger partial charge in [0.15, 0.2) is 0 Å². The fourth-order valence-electron chi connectivity index (χ4n) is 1.91. The number of hydrogen-bond donors (Lipinski definition) is 1. The van der Waals surface area contributed by atoms with Gasteiger partial charge in [0, 0.05) is 0 Å². The summed E-state index contributed by atoms with van der Waals surface area (Å²) in [7, 11) is 0. The molecule has 0 bridgehead atoms. The first kappa shape index (κ1) is 14.0. The lowest BCUT2D eigenvalue weighted by atomic mass is 10.1. The maximum atomic E-state index is 13.7. The van der Waals surface area contributed by atoms with Crippen LogP contribution in [0.25, 0.3) is 0 Å². The van der Waals surface area contributed by atoms with Crippen LogP contribution in [0.4, 0.5) is 4.39 Å². The molecule has 0 saturated heterocycles. The van der Waals surface area contributed by atoms with Gasteiger partial charge in [-0.1, -0.05) is 18.2 Å². The van der Waals surface area contributed by atoms with Crippen molar-refractivity contribution in [2.45, 2.75) is 19.4 Å². The Kier molecular flexibility index (Phi) is 4.34. The van der Waals surface area contributed by atoms with Crippen LogP contribution in [-0.4, -0.2) is 5.11 Å². The molecule has 0 spiro atoms. The van der Waals surface area contributed by atoms with Crippen molar-refractivity contribution in [3.8, 4) is 17.6 Å². The van der Waals surface area contributed by atoms with Crippen molar-refractivity contribution in [2.75, 3.05) is 0 Å². The lowest BCUT2D eigenvalue weighted by molar-refractivity contribution is 0.190. The molecule has 3 nitrogen and oxygen atoms in total. The van der Waals surface area contributed by atoms with Gasteiger partial charge in [-0.3, -0.25) is 0 Å². The van der Waals surface area contributed by atoms with Crippen LogP contribution in [0.15, 0.2) is 42.5 Å². The summed E-state index contributed by atoms with van der Waals surface area (Å²) < 4.78 is 19.3. The lowest BCUT2D eigenvalue weighted by Crippen LogP contribution is -1.99. The molecule has 4 heteroatoms. The normalized spacial score (nSPS) is 11.7. The van der Waals surface area contributed by atoms with Crippen molar-refractivity contribution in [3.63, 3.8) is 0 Å². The molecule has 2 aromatic carbocycles. The average molecular weight is 271 g/mol. The van der Waals surface area contributed by atoms with Crippen LogP contribution in [0.1, 0.15) is 24.2 Å². The van der Waals surface area contributed by atoms with Gasteiger partial charge < -0.3 is 9.84 Å². The average Bonchev–Trinajstić information content (AvgIpc) is 2.41. The summed E-state index contributed by atoms with van der Waals surface area (Å²) >= 11 is 0. The van der Waals surface area contributed by atoms with Crippen LogP contribution >= 0.6 is 0 Å². The summed E-state index contributed by atoms with van der Waals surface area (Å²) in [6, 6.07) is 13.5. The Morgan fingerprint density at radius 2 is 1.95 bits per heavy atom. The third-order valence-electron chi connectivity index (χ3n) is 2.87. The topological polar surface area (TPSA) is 53.2 Å². The second kappa shape index (κ2) is 6.18. The Morgan fingerprint density at radius 1 is 1.25 bits per heavy atom. The van der Waals surface area contributed by atoms with E-state index in [0.717, 1.165) is 5.56 Å². The number of ether oxygens (including phenoxy) is 1. The third-order valence-corrected chi connectivity index (χ3v) is 2.87. The van der Waals surface area contributed by atoms with E-state index in [9.17, 15) is 9.50 Å². The van der Waals surface area contributed by atoms with Crippen LogP contribution in [0.5, 0.6) is 11.5 Å². The van der Waals surface area contributed by atoms with Crippen molar-refractivity contribution < 1.29 is 14.2 Å². The lowest BCUT2D eigenvalue weighted by Gasteiger charge is -2.14. The largest absolute Gasteiger partial charge is 0.457 e. The van der Waals surface area contributed by atoms with E-state index >= 15 is 0 Å². The van der Waals surface area contributed by atoms with Gasteiger partial charge in [0.2, 0.25) is 0 Å². The van der Waals surface area contributed by atoms with Crippen molar-refractivity contribution >= 4 is 0 Å². The van der Waals surface area contributed by atoms with Gasteiger partial charge in [-0.05, 0) is 36.8 Å². The van der Waals surface area contributed by atoms with Crippen molar-refractivity contribution in [1.29, 1.82) is 5.26 Å². The molecular weight excluding hydrogens is 257 g/mol. The van der Waals surface area contributed by atoms with E-state index in [-0.39, 0.29) is 11.3 Å². The quantitative estimate of drug-likeness (QED) is 0.921. The first-order valence-electron chi connectivity index (χ1n) is 6.22. The van der Waals surface area contributed by atoms with Crippen LogP contribution in [0.2, 0.25) is 0 Å². The number of nitrogens with zero attached hydrogens (tertiary/aromatic N) is 1. The fourth-order valence-corrected chi connectivity index (χ4v) is 1.91. The molecule has 0 aliphatic heterocycles. The monoisotopic (exact) mass is 271 g/mol. The SMILES string of the molecule is C[C@@H](O)c1c(F)cccc1Oc1ccc(CC#N)cc1. The zero-order chi connectivity index (χ0) is 14.5. The molecule has 20 heavy (non-hydrogen) atoms. The minimum Gasteiger partial charge on any atom is -0.457 e. The Labute approximate surface area is 116 Å². The van der Waals surface area contributed by atoms with Gasteiger partial charge in [-0.25, -0.2) is 4.39 Å². The number of rotatable bonds is 4. The molecule has 0 aromatic heterocycles. The molecule has 1 N–H and O–H groups in total. The highest BCUT2D eigenvalue weighted by molar-refractivity contribution is 5.40. The highest BCUT2D eigenvalue weighted by Crippen LogP contribution is 2.31. The Hall–Kier alpha value is -2.38. The molecule has 2 rings (SSSR count). The molecule has 0 aliphatic rings. The van der Waals surface area contributed by atoms with Gasteiger partial charge in [-0.2, -0.15) is 5.26 Å². The molecule has 1 atom stereocenters. The molecule has 0 amide bonds. The number of aliphatic hydroxyl groups excluding tert-OH is 1. The zero-order valence-electron chi connectivity index (χ0n) is 11.0. The third kappa shape index (κ3) is 3.14. The number of nitriles is 1. The van der Waals surface area contributed by atoms with E-state index < -0.39 is 11.9 Å². The van der Waals surface area contributed by atoms with Gasteiger partial charge in [-0.15, -0.1) is 0 Å². The first-order valence-corrected chi connectivity index (χ1v) is 6.22. The second-order valence-corrected chi connectivity index (χ2v) is 4.41. The highest BCUT2D eigenvalue weighted by Gasteiger charge is 2.15. The molecule has 0 radical (unpaired) electrons. The summed E-state index contributed by atoms with van der Waals surface area (Å²) in [6.07, 6.45) is -0.622. The molecule has 0 heterocycles. The van der Waals surface area contributed by atoms with Gasteiger partial charge >= 0.3 is 0 Å². The molecule has 0 fully saturated rings. The molecule has 0 aliphatic carbocycles. The van der Waals surface area contributed by atoms with Crippen molar-refractivity contribution in [2.24, 2.45) is 0 Å². The Morgan fingerprint density at radius 3 is 2.55 bits per heavy atom. The molecule has 0 saturated carbocycles. The van der Waals surface area contributed by atoms with Crippen molar-refractivity contribution in [3.05, 3.63) is 59.4 Å². The number of aliphatic hydroxyl groups is 1. The predicted molar refractivity (Wildman–Crippen MR) is 72.9 cm³/mol. The smallest absolute Gasteiger partial charge is 0.136 e. The zero-order valence-corrected chi connectivity index (χ0v) is 11.0. The summed E-state index contributed by atoms with van der Waals surface area (Å²) in [6.45, 7) is 1.49. The standard InChI is InChI=1S/C16H14FNO2/c1-11(19)16-14(17)3-2-4-15(16)20-13-7-5-12(6-8-13)9-10-18/h2-8,11,19H,9H2,1H3/t11-/m1/s1. The van der Waals surface area contributed by atoms with E-state index in [1.54, 1.807) is 30.3 Å². The van der Waals surface area contributed by atoms with Crippen LogP contribution < -0.4 is 4.74 Å². The number of hydrogen-bond acceptors (Lipinski definition) is 3. The van der Waals surface area contributed by atoms with Crippen LogP contribution in [-0.2, 0) is 6.42 Å². The Bertz CT molecular complexity index is 630. The fraction of sp³-hybridized carbons (Fsp3) is 0.188. The highest BCUT2D eigenvalue weighted by atomic mass is 19.1. The van der Waals surface area contributed by atoms with E-state index in [0.29, 0.717) is 12.2 Å². The summed E-state index contributed by atoms with van der Waals surface area (Å²) in [5.41, 5.74) is 1.02. The van der Waals surface area contributed by atoms with Crippen molar-refractivity contribution in [1.82, 2.24) is 0 Å². The molecule has 0 unspecified atom stereocenters. The van der Waals surface area contributed by atoms with E-state index in [1.165, 1.54) is 19.1 Å². The Balaban J connectivity index is 2.26. The minimum absolute atomic E-state index is 0.133. The maximum Gasteiger partial charge on any atom is 0.136 e. The first-order chi connectivity index (χ1) is 9.61. The van der Waals surface area contributed by atoms with Crippen LogP contribution in [0.3, 0.4) is 0 Å².